The molecule has 26 heavy (non-hydrogen) atoms. The molecule has 3 heterocycles. The first-order chi connectivity index (χ1) is 12.9. The molecule has 0 aliphatic heterocycles. The zero-order valence-corrected chi connectivity index (χ0v) is 14.0. The van der Waals surface area contributed by atoms with Crippen LogP contribution in [0.25, 0.3) is 45.3 Å². The molecule has 0 spiro atoms. The van der Waals surface area contributed by atoms with Gasteiger partial charge in [0.15, 0.2) is 0 Å². The Morgan fingerprint density at radius 3 is 2.81 bits per heavy atom. The molecule has 0 aliphatic rings. The van der Waals surface area contributed by atoms with Crippen molar-refractivity contribution in [1.29, 1.82) is 0 Å². The van der Waals surface area contributed by atoms with Crippen LogP contribution in [0.4, 0.5) is 0 Å². The molecule has 0 amide bonds. The third-order valence-electron chi connectivity index (χ3n) is 4.58. The summed E-state index contributed by atoms with van der Waals surface area (Å²) in [5.74, 6) is 0. The number of nitrogens with one attached hydrogen (secondary N) is 1. The summed E-state index contributed by atoms with van der Waals surface area (Å²) in [6.45, 7) is 0. The van der Waals surface area contributed by atoms with Crippen molar-refractivity contribution in [3.8, 4) is 11.1 Å². The molecular weight excluding hydrogens is 320 g/mol. The number of fused-ring (bicyclic) bond motifs is 2. The van der Waals surface area contributed by atoms with Gasteiger partial charge < -0.3 is 4.98 Å². The summed E-state index contributed by atoms with van der Waals surface area (Å²) in [5, 5.41) is 6.75. The smallest absolute Gasteiger partial charge is 0.137 e. The van der Waals surface area contributed by atoms with Crippen LogP contribution in [0.5, 0.6) is 0 Å². The second-order valence-corrected chi connectivity index (χ2v) is 6.19. The summed E-state index contributed by atoms with van der Waals surface area (Å²) in [4.78, 5) is 7.55. The molecule has 0 atom stereocenters. The minimum absolute atomic E-state index is 0.903. The first-order valence-corrected chi connectivity index (χ1v) is 8.51. The zero-order chi connectivity index (χ0) is 17.3. The van der Waals surface area contributed by atoms with Gasteiger partial charge >= 0.3 is 0 Å². The fourth-order valence-electron chi connectivity index (χ4n) is 3.26. The van der Waals surface area contributed by atoms with Gasteiger partial charge in [0, 0.05) is 29.4 Å². The summed E-state index contributed by atoms with van der Waals surface area (Å²) in [6.07, 6.45) is 9.72. The number of hydrogen-bond donors (Lipinski definition) is 1. The van der Waals surface area contributed by atoms with Crippen LogP contribution in [0.2, 0.25) is 0 Å². The van der Waals surface area contributed by atoms with Gasteiger partial charge in [-0.25, -0.2) is 9.67 Å². The highest BCUT2D eigenvalue weighted by Crippen LogP contribution is 2.29. The van der Waals surface area contributed by atoms with Gasteiger partial charge in [-0.15, -0.1) is 0 Å². The summed E-state index contributed by atoms with van der Waals surface area (Å²) in [5.41, 5.74) is 5.45. The molecule has 0 aliphatic carbocycles. The van der Waals surface area contributed by atoms with Crippen LogP contribution in [0.1, 0.15) is 5.56 Å². The topological polar surface area (TPSA) is 46.5 Å². The molecule has 0 bridgehead atoms. The van der Waals surface area contributed by atoms with Crippen molar-refractivity contribution >= 4 is 34.2 Å². The minimum Gasteiger partial charge on any atom is -0.346 e. The SMILES string of the molecule is C(=Cn1ncc2ccc(-c3ccnc4[nH]ccc34)cc21)c1ccccc1. The van der Waals surface area contributed by atoms with Crippen molar-refractivity contribution < 1.29 is 0 Å². The fourth-order valence-corrected chi connectivity index (χ4v) is 3.26. The van der Waals surface area contributed by atoms with Gasteiger partial charge in [-0.05, 0) is 41.0 Å². The Morgan fingerprint density at radius 1 is 0.962 bits per heavy atom. The molecular formula is C22H16N4. The van der Waals surface area contributed by atoms with Crippen molar-refractivity contribution in [2.45, 2.75) is 0 Å². The lowest BCUT2D eigenvalue weighted by Crippen LogP contribution is -1.89. The van der Waals surface area contributed by atoms with Crippen molar-refractivity contribution in [1.82, 2.24) is 19.7 Å². The van der Waals surface area contributed by atoms with E-state index in [0.29, 0.717) is 0 Å². The summed E-state index contributed by atoms with van der Waals surface area (Å²) in [6, 6.07) is 20.8. The maximum absolute atomic E-state index is 4.51. The van der Waals surface area contributed by atoms with E-state index in [2.05, 4.69) is 63.6 Å². The molecule has 5 aromatic rings. The van der Waals surface area contributed by atoms with Gasteiger partial charge in [-0.2, -0.15) is 5.10 Å². The molecule has 0 saturated carbocycles. The number of benzene rings is 2. The van der Waals surface area contributed by atoms with Gasteiger partial charge in [0.25, 0.3) is 0 Å². The third-order valence-corrected chi connectivity index (χ3v) is 4.58. The number of rotatable bonds is 3. The highest BCUT2D eigenvalue weighted by molar-refractivity contribution is 5.96. The standard InChI is InChI=1S/C22H16N4/c1-2-4-16(5-3-1)10-13-26-21-14-17(6-7-18(21)15-25-26)19-8-11-23-22-20(19)9-12-24-22/h1-15H,(H,23,24). The number of hydrogen-bond acceptors (Lipinski definition) is 2. The van der Waals surface area contributed by atoms with E-state index in [1.165, 1.54) is 0 Å². The monoisotopic (exact) mass is 336 g/mol. The Morgan fingerprint density at radius 2 is 1.88 bits per heavy atom. The summed E-state index contributed by atoms with van der Waals surface area (Å²) >= 11 is 0. The van der Waals surface area contributed by atoms with Crippen LogP contribution in [-0.4, -0.2) is 19.7 Å². The van der Waals surface area contributed by atoms with E-state index in [-0.39, 0.29) is 0 Å². The van der Waals surface area contributed by atoms with Crippen molar-refractivity contribution in [3.05, 3.63) is 84.8 Å². The Hall–Kier alpha value is -3.66. The molecule has 0 radical (unpaired) electrons. The Balaban J connectivity index is 1.61. The predicted octanol–water partition coefficient (Wildman–Crippen LogP) is 5.21. The van der Waals surface area contributed by atoms with E-state index in [0.717, 1.165) is 38.6 Å². The lowest BCUT2D eigenvalue weighted by Gasteiger charge is -2.05. The lowest BCUT2D eigenvalue weighted by molar-refractivity contribution is 0.969. The van der Waals surface area contributed by atoms with E-state index in [4.69, 9.17) is 0 Å². The minimum atomic E-state index is 0.903. The number of nitrogens with zero attached hydrogens (tertiary/aromatic N) is 3. The van der Waals surface area contributed by atoms with E-state index >= 15 is 0 Å². The van der Waals surface area contributed by atoms with Gasteiger partial charge in [-0.1, -0.05) is 42.5 Å². The molecule has 1 N–H and O–H groups in total. The van der Waals surface area contributed by atoms with Gasteiger partial charge in [-0.3, -0.25) is 0 Å². The molecule has 0 saturated heterocycles. The maximum Gasteiger partial charge on any atom is 0.137 e. The van der Waals surface area contributed by atoms with Crippen LogP contribution < -0.4 is 0 Å². The normalized spacial score (nSPS) is 11.7. The molecule has 3 aromatic heterocycles. The number of H-pyrrole nitrogens is 1. The molecule has 4 nitrogen and oxygen atoms in total. The number of aromatic amines is 1. The van der Waals surface area contributed by atoms with Gasteiger partial charge in [0.1, 0.15) is 5.65 Å². The Labute approximate surface area is 150 Å². The lowest BCUT2D eigenvalue weighted by atomic mass is 10.0. The molecule has 5 rings (SSSR count). The molecule has 124 valence electrons. The van der Waals surface area contributed by atoms with Gasteiger partial charge in [0.2, 0.25) is 0 Å². The van der Waals surface area contributed by atoms with Crippen molar-refractivity contribution in [2.24, 2.45) is 0 Å². The first kappa shape index (κ1) is 14.7. The second kappa shape index (κ2) is 6.01. The predicted molar refractivity (Wildman–Crippen MR) is 106 cm³/mol. The molecule has 0 fully saturated rings. The van der Waals surface area contributed by atoms with E-state index in [9.17, 15) is 0 Å². The molecule has 0 unspecified atom stereocenters. The average molecular weight is 336 g/mol. The van der Waals surface area contributed by atoms with E-state index in [1.807, 2.05) is 47.7 Å². The second-order valence-electron chi connectivity index (χ2n) is 6.19. The van der Waals surface area contributed by atoms with Crippen LogP contribution in [0.15, 0.2) is 79.3 Å². The maximum atomic E-state index is 4.51. The quantitative estimate of drug-likeness (QED) is 0.492. The highest BCUT2D eigenvalue weighted by atomic mass is 15.3. The Kier molecular flexibility index (Phi) is 3.39. The van der Waals surface area contributed by atoms with E-state index in [1.54, 1.807) is 0 Å². The molecule has 4 heteroatoms. The van der Waals surface area contributed by atoms with Gasteiger partial charge in [0.05, 0.1) is 11.7 Å². The largest absolute Gasteiger partial charge is 0.346 e. The van der Waals surface area contributed by atoms with Crippen LogP contribution in [0.3, 0.4) is 0 Å². The van der Waals surface area contributed by atoms with Crippen LogP contribution in [0, 0.1) is 0 Å². The number of aromatic nitrogens is 4. The summed E-state index contributed by atoms with van der Waals surface area (Å²) < 4.78 is 1.92. The fraction of sp³-hybridized carbons (Fsp3) is 0. The van der Waals surface area contributed by atoms with Crippen molar-refractivity contribution in [2.75, 3.05) is 0 Å². The first-order valence-electron chi connectivity index (χ1n) is 8.51. The van der Waals surface area contributed by atoms with Crippen LogP contribution >= 0.6 is 0 Å². The third kappa shape index (κ3) is 2.48. The van der Waals surface area contributed by atoms with Crippen molar-refractivity contribution in [3.63, 3.8) is 0 Å². The highest BCUT2D eigenvalue weighted by Gasteiger charge is 2.08. The van der Waals surface area contributed by atoms with Crippen LogP contribution in [-0.2, 0) is 0 Å². The van der Waals surface area contributed by atoms with E-state index < -0.39 is 0 Å². The Bertz CT molecular complexity index is 1230. The number of pyridine rings is 1. The summed E-state index contributed by atoms with van der Waals surface area (Å²) in [7, 11) is 0. The zero-order valence-electron chi connectivity index (χ0n) is 14.0. The average Bonchev–Trinajstić information content (AvgIpc) is 3.33. The molecule has 2 aromatic carbocycles.